The molecule has 1 rings (SSSR count). The van der Waals surface area contributed by atoms with Crippen molar-refractivity contribution in [3.05, 3.63) is 0 Å². The first-order chi connectivity index (χ1) is 7.09. The van der Waals surface area contributed by atoms with E-state index in [1.54, 1.807) is 0 Å². The van der Waals surface area contributed by atoms with Gasteiger partial charge in [-0.15, -0.1) is 0 Å². The van der Waals surface area contributed by atoms with E-state index in [-0.39, 0.29) is 5.97 Å². The smallest absolute Gasteiger partial charge is 0.320 e. The van der Waals surface area contributed by atoms with E-state index in [1.807, 2.05) is 19.0 Å². The molecule has 1 aliphatic heterocycles. The Balaban J connectivity index is 2.20. The molecule has 4 nitrogen and oxygen atoms in total. The molecule has 1 fully saturated rings. The lowest BCUT2D eigenvalue weighted by Gasteiger charge is -2.31. The number of rotatable bonds is 4. The molecule has 0 aromatic carbocycles. The highest BCUT2D eigenvalue weighted by Gasteiger charge is 2.20. The number of piperidine rings is 1. The minimum absolute atomic E-state index is 0.126. The summed E-state index contributed by atoms with van der Waals surface area (Å²) in [6.07, 6.45) is 3.66. The summed E-state index contributed by atoms with van der Waals surface area (Å²) in [5.74, 6) is -0.126. The lowest BCUT2D eigenvalue weighted by Crippen LogP contribution is -2.40. The zero-order valence-corrected chi connectivity index (χ0v) is 10.0. The quantitative estimate of drug-likeness (QED) is 0.641. The van der Waals surface area contributed by atoms with Crippen LogP contribution in [0.5, 0.6) is 0 Å². The monoisotopic (exact) mass is 214 g/mol. The summed E-state index contributed by atoms with van der Waals surface area (Å²) in [5, 5.41) is 0. The number of likely N-dealkylation sites (N-methyl/N-ethyl adjacent to an activating group) is 2. The third-order valence-corrected chi connectivity index (χ3v) is 2.80. The molecule has 0 bridgehead atoms. The number of carbonyl (C=O) groups excluding carboxylic acids is 1. The van der Waals surface area contributed by atoms with Crippen LogP contribution in [0.2, 0.25) is 0 Å². The molecule has 1 heterocycles. The zero-order chi connectivity index (χ0) is 11.3. The number of carbonyl (C=O) groups is 1. The molecule has 0 saturated carbocycles. The van der Waals surface area contributed by atoms with Crippen LogP contribution in [0.25, 0.3) is 0 Å². The van der Waals surface area contributed by atoms with E-state index in [0.29, 0.717) is 19.2 Å². The SMILES string of the molecule is CN(C)CC(=O)OCC1CCCCN1C. The highest BCUT2D eigenvalue weighted by atomic mass is 16.5. The van der Waals surface area contributed by atoms with Crippen LogP contribution in [0.4, 0.5) is 0 Å². The van der Waals surface area contributed by atoms with Gasteiger partial charge in [-0.05, 0) is 40.5 Å². The number of hydrogen-bond donors (Lipinski definition) is 0. The Morgan fingerprint density at radius 3 is 2.80 bits per heavy atom. The fraction of sp³-hybridized carbons (Fsp3) is 0.909. The molecule has 15 heavy (non-hydrogen) atoms. The van der Waals surface area contributed by atoms with Crippen molar-refractivity contribution in [2.24, 2.45) is 0 Å². The van der Waals surface area contributed by atoms with E-state index >= 15 is 0 Å². The maximum Gasteiger partial charge on any atom is 0.320 e. The molecule has 0 amide bonds. The average Bonchev–Trinajstić information content (AvgIpc) is 2.15. The van der Waals surface area contributed by atoms with Gasteiger partial charge in [-0.3, -0.25) is 9.69 Å². The van der Waals surface area contributed by atoms with E-state index in [2.05, 4.69) is 11.9 Å². The van der Waals surface area contributed by atoms with Crippen LogP contribution < -0.4 is 0 Å². The van der Waals surface area contributed by atoms with Crippen molar-refractivity contribution in [2.45, 2.75) is 25.3 Å². The molecule has 1 aliphatic rings. The van der Waals surface area contributed by atoms with Crippen LogP contribution in [0.15, 0.2) is 0 Å². The molecule has 1 saturated heterocycles. The number of ether oxygens (including phenoxy) is 1. The van der Waals surface area contributed by atoms with E-state index in [1.165, 1.54) is 12.8 Å². The first-order valence-electron chi connectivity index (χ1n) is 5.60. The first kappa shape index (κ1) is 12.5. The van der Waals surface area contributed by atoms with Gasteiger partial charge in [0.2, 0.25) is 0 Å². The van der Waals surface area contributed by atoms with Crippen LogP contribution in [0.1, 0.15) is 19.3 Å². The van der Waals surface area contributed by atoms with Gasteiger partial charge in [0.05, 0.1) is 6.54 Å². The second-order valence-electron chi connectivity index (χ2n) is 4.55. The number of likely N-dealkylation sites (tertiary alicyclic amines) is 1. The Morgan fingerprint density at radius 2 is 2.20 bits per heavy atom. The normalized spacial score (nSPS) is 23.1. The lowest BCUT2D eigenvalue weighted by atomic mass is 10.0. The summed E-state index contributed by atoms with van der Waals surface area (Å²) in [7, 11) is 5.84. The summed E-state index contributed by atoms with van der Waals surface area (Å²) in [5.41, 5.74) is 0. The topological polar surface area (TPSA) is 32.8 Å². The van der Waals surface area contributed by atoms with Crippen molar-refractivity contribution < 1.29 is 9.53 Å². The molecule has 4 heteroatoms. The zero-order valence-electron chi connectivity index (χ0n) is 10.0. The minimum atomic E-state index is -0.126. The Hall–Kier alpha value is -0.610. The van der Waals surface area contributed by atoms with Crippen molar-refractivity contribution in [2.75, 3.05) is 40.8 Å². The molecule has 1 unspecified atom stereocenters. The predicted octanol–water partition coefficient (Wildman–Crippen LogP) is 0.575. The number of nitrogens with zero attached hydrogens (tertiary/aromatic N) is 2. The van der Waals surface area contributed by atoms with Crippen molar-refractivity contribution in [3.63, 3.8) is 0 Å². The second-order valence-corrected chi connectivity index (χ2v) is 4.55. The van der Waals surface area contributed by atoms with Crippen LogP contribution in [0.3, 0.4) is 0 Å². The van der Waals surface area contributed by atoms with Gasteiger partial charge >= 0.3 is 5.97 Å². The molecular weight excluding hydrogens is 192 g/mol. The van der Waals surface area contributed by atoms with Crippen molar-refractivity contribution in [1.29, 1.82) is 0 Å². The molecule has 0 aromatic heterocycles. The summed E-state index contributed by atoms with van der Waals surface area (Å²) in [6, 6.07) is 0.421. The molecule has 0 aliphatic carbocycles. The Morgan fingerprint density at radius 1 is 1.47 bits per heavy atom. The highest BCUT2D eigenvalue weighted by Crippen LogP contribution is 2.14. The maximum absolute atomic E-state index is 11.3. The third kappa shape index (κ3) is 4.62. The highest BCUT2D eigenvalue weighted by molar-refractivity contribution is 5.71. The molecule has 1 atom stereocenters. The molecule has 88 valence electrons. The van der Waals surface area contributed by atoms with E-state index < -0.39 is 0 Å². The summed E-state index contributed by atoms with van der Waals surface area (Å²) in [4.78, 5) is 15.4. The molecule has 0 radical (unpaired) electrons. The van der Waals surface area contributed by atoms with Crippen LogP contribution in [-0.4, -0.2) is 62.7 Å². The van der Waals surface area contributed by atoms with Gasteiger partial charge in [-0.2, -0.15) is 0 Å². The lowest BCUT2D eigenvalue weighted by molar-refractivity contribution is -0.146. The molecule has 0 aromatic rings. The van der Waals surface area contributed by atoms with Crippen LogP contribution >= 0.6 is 0 Å². The fourth-order valence-corrected chi connectivity index (χ4v) is 1.85. The summed E-state index contributed by atoms with van der Waals surface area (Å²) >= 11 is 0. The van der Waals surface area contributed by atoms with Gasteiger partial charge in [0.25, 0.3) is 0 Å². The van der Waals surface area contributed by atoms with Crippen molar-refractivity contribution in [3.8, 4) is 0 Å². The predicted molar refractivity (Wildman–Crippen MR) is 59.8 cm³/mol. The number of esters is 1. The van der Waals surface area contributed by atoms with Gasteiger partial charge < -0.3 is 9.64 Å². The van der Waals surface area contributed by atoms with E-state index in [0.717, 1.165) is 13.0 Å². The standard InChI is InChI=1S/C11H22N2O2/c1-12(2)8-11(14)15-9-10-6-4-5-7-13(10)3/h10H,4-9H2,1-3H3. The van der Waals surface area contributed by atoms with Gasteiger partial charge in [0.1, 0.15) is 6.61 Å². The van der Waals surface area contributed by atoms with Crippen LogP contribution in [-0.2, 0) is 9.53 Å². The van der Waals surface area contributed by atoms with Gasteiger partial charge in [0, 0.05) is 6.04 Å². The van der Waals surface area contributed by atoms with E-state index in [9.17, 15) is 4.79 Å². The van der Waals surface area contributed by atoms with Gasteiger partial charge in [-0.25, -0.2) is 0 Å². The van der Waals surface area contributed by atoms with Crippen molar-refractivity contribution in [1.82, 2.24) is 9.80 Å². The Kier molecular flexibility index (Phi) is 5.05. The fourth-order valence-electron chi connectivity index (χ4n) is 1.85. The van der Waals surface area contributed by atoms with Gasteiger partial charge in [0.15, 0.2) is 0 Å². The minimum Gasteiger partial charge on any atom is -0.463 e. The Labute approximate surface area is 92.2 Å². The van der Waals surface area contributed by atoms with E-state index in [4.69, 9.17) is 4.74 Å². The van der Waals surface area contributed by atoms with Crippen molar-refractivity contribution >= 4 is 5.97 Å². The number of hydrogen-bond acceptors (Lipinski definition) is 4. The Bertz CT molecular complexity index is 207. The second kappa shape index (κ2) is 6.08. The summed E-state index contributed by atoms with van der Waals surface area (Å²) < 4.78 is 5.24. The first-order valence-corrected chi connectivity index (χ1v) is 5.60. The average molecular weight is 214 g/mol. The molecule has 0 spiro atoms. The molecular formula is C11H22N2O2. The van der Waals surface area contributed by atoms with Gasteiger partial charge in [-0.1, -0.05) is 6.42 Å². The summed E-state index contributed by atoms with van der Waals surface area (Å²) in [6.45, 7) is 2.04. The largest absolute Gasteiger partial charge is 0.463 e. The maximum atomic E-state index is 11.3. The van der Waals surface area contributed by atoms with Crippen LogP contribution in [0, 0.1) is 0 Å². The third-order valence-electron chi connectivity index (χ3n) is 2.80. The molecule has 0 N–H and O–H groups in total.